The van der Waals surface area contributed by atoms with Crippen molar-refractivity contribution in [3.05, 3.63) is 72.3 Å². The van der Waals surface area contributed by atoms with Gasteiger partial charge in [0, 0.05) is 41.1 Å². The van der Waals surface area contributed by atoms with E-state index in [1.807, 2.05) is 60.9 Å². The second-order valence-corrected chi connectivity index (χ2v) is 7.34. The first-order valence-electron chi connectivity index (χ1n) is 7.95. The minimum absolute atomic E-state index is 0.0760. The fourth-order valence-electron chi connectivity index (χ4n) is 2.63. The lowest BCUT2D eigenvalue weighted by atomic mass is 10.00. The number of pyridine rings is 1. The van der Waals surface area contributed by atoms with E-state index in [0.717, 1.165) is 28.1 Å². The number of benzene rings is 1. The number of hydrogen-bond acceptors (Lipinski definition) is 4. The van der Waals surface area contributed by atoms with Crippen LogP contribution < -0.4 is 5.32 Å². The van der Waals surface area contributed by atoms with E-state index >= 15 is 0 Å². The van der Waals surface area contributed by atoms with Gasteiger partial charge in [0.05, 0.1) is 11.8 Å². The predicted octanol–water partition coefficient (Wildman–Crippen LogP) is 3.07. The number of H-pyrrole nitrogens is 1. The highest BCUT2D eigenvalue weighted by atomic mass is 32.2. The van der Waals surface area contributed by atoms with E-state index in [-0.39, 0.29) is 5.91 Å². The average molecular weight is 383 g/mol. The lowest BCUT2D eigenvalue weighted by molar-refractivity contribution is -0.110. The molecular formula is C19H17N3O4S. The number of aromatic nitrogens is 2. The quantitative estimate of drug-likeness (QED) is 0.465. The molecule has 0 saturated carbocycles. The molecule has 3 N–H and O–H groups in total. The maximum absolute atomic E-state index is 12.2. The summed E-state index contributed by atoms with van der Waals surface area (Å²) < 4.78 is 25.9. The predicted molar refractivity (Wildman–Crippen MR) is 104 cm³/mol. The molecule has 8 heteroatoms. The Balaban J connectivity index is 0.000000376. The van der Waals surface area contributed by atoms with E-state index < -0.39 is 10.1 Å². The van der Waals surface area contributed by atoms with Gasteiger partial charge in [-0.3, -0.25) is 14.3 Å². The molecule has 4 rings (SSSR count). The maximum atomic E-state index is 12.2. The molecule has 138 valence electrons. The number of nitrogens with zero attached hydrogens (tertiary/aromatic N) is 1. The van der Waals surface area contributed by atoms with Crippen LogP contribution in [0.3, 0.4) is 0 Å². The monoisotopic (exact) mass is 383 g/mol. The Morgan fingerprint density at radius 1 is 1.11 bits per heavy atom. The van der Waals surface area contributed by atoms with Crippen LogP contribution in [0.2, 0.25) is 0 Å². The summed E-state index contributed by atoms with van der Waals surface area (Å²) in [6.45, 7) is 0. The molecule has 1 aliphatic heterocycles. The summed E-state index contributed by atoms with van der Waals surface area (Å²) in [5, 5.41) is 2.90. The maximum Gasteiger partial charge on any atom is 0.261 e. The van der Waals surface area contributed by atoms with Crippen molar-refractivity contribution < 1.29 is 17.8 Å². The summed E-state index contributed by atoms with van der Waals surface area (Å²) in [5.74, 6) is -0.0760. The number of hydrogen-bond donors (Lipinski definition) is 3. The molecule has 0 unspecified atom stereocenters. The van der Waals surface area contributed by atoms with Crippen LogP contribution in [0.15, 0.2) is 61.1 Å². The van der Waals surface area contributed by atoms with Crippen molar-refractivity contribution in [3.8, 4) is 11.1 Å². The molecule has 0 spiro atoms. The summed E-state index contributed by atoms with van der Waals surface area (Å²) in [4.78, 5) is 19.4. The standard InChI is InChI=1S/C18H13N3O.CH4O3S/c22-18-16(10-14-4-2-8-20-14)15-9-12(5-6-17(15)21-18)13-3-1-7-19-11-13;1-5(2,3)4/h1-11,20H,(H,21,22);1H3,(H,2,3,4)/b16-10-;. The number of aromatic amines is 1. The number of rotatable bonds is 2. The van der Waals surface area contributed by atoms with Gasteiger partial charge in [-0.05, 0) is 42.0 Å². The molecule has 0 saturated heterocycles. The van der Waals surface area contributed by atoms with Gasteiger partial charge in [0.25, 0.3) is 16.0 Å². The Labute approximate surface area is 156 Å². The van der Waals surface area contributed by atoms with Crippen LogP contribution in [0, 0.1) is 0 Å². The highest BCUT2D eigenvalue weighted by Gasteiger charge is 2.24. The highest BCUT2D eigenvalue weighted by Crippen LogP contribution is 2.35. The number of amides is 1. The molecule has 0 radical (unpaired) electrons. The van der Waals surface area contributed by atoms with Gasteiger partial charge in [-0.15, -0.1) is 0 Å². The van der Waals surface area contributed by atoms with Crippen LogP contribution in [-0.4, -0.2) is 35.1 Å². The van der Waals surface area contributed by atoms with Gasteiger partial charge in [-0.1, -0.05) is 12.1 Å². The molecule has 2 aromatic heterocycles. The second kappa shape index (κ2) is 7.56. The van der Waals surface area contributed by atoms with Crippen LogP contribution in [0.5, 0.6) is 0 Å². The van der Waals surface area contributed by atoms with Crippen molar-refractivity contribution in [2.45, 2.75) is 0 Å². The minimum atomic E-state index is -3.67. The Bertz CT molecular complexity index is 1080. The third-order valence-electron chi connectivity index (χ3n) is 3.72. The van der Waals surface area contributed by atoms with E-state index in [4.69, 9.17) is 4.55 Å². The van der Waals surface area contributed by atoms with Crippen LogP contribution in [0.4, 0.5) is 5.69 Å². The zero-order valence-electron chi connectivity index (χ0n) is 14.4. The zero-order valence-corrected chi connectivity index (χ0v) is 15.2. The molecule has 7 nitrogen and oxygen atoms in total. The summed E-state index contributed by atoms with van der Waals surface area (Å²) in [6, 6.07) is 13.7. The second-order valence-electron chi connectivity index (χ2n) is 5.87. The molecule has 3 heterocycles. The first-order valence-corrected chi connectivity index (χ1v) is 9.80. The molecule has 0 atom stereocenters. The SMILES string of the molecule is CS(=O)(=O)O.O=C1Nc2ccc(-c3cccnc3)cc2/C1=C/c1ccc[nH]1. The summed E-state index contributed by atoms with van der Waals surface area (Å²) in [5.41, 5.74) is 5.41. The van der Waals surface area contributed by atoms with E-state index in [1.54, 1.807) is 6.20 Å². The third-order valence-corrected chi connectivity index (χ3v) is 3.72. The first kappa shape index (κ1) is 18.6. The Hall–Kier alpha value is -3.23. The molecule has 0 aliphatic carbocycles. The molecule has 27 heavy (non-hydrogen) atoms. The van der Waals surface area contributed by atoms with Crippen molar-refractivity contribution in [2.24, 2.45) is 0 Å². The van der Waals surface area contributed by atoms with E-state index in [1.165, 1.54) is 0 Å². The number of fused-ring (bicyclic) bond motifs is 1. The molecular weight excluding hydrogens is 366 g/mol. The van der Waals surface area contributed by atoms with Crippen molar-refractivity contribution in [1.29, 1.82) is 0 Å². The van der Waals surface area contributed by atoms with Crippen molar-refractivity contribution in [1.82, 2.24) is 9.97 Å². The number of carbonyl (C=O) groups excluding carboxylic acids is 1. The fraction of sp³-hybridized carbons (Fsp3) is 0.0526. The lowest BCUT2D eigenvalue weighted by Crippen LogP contribution is -2.03. The number of anilines is 1. The fourth-order valence-corrected chi connectivity index (χ4v) is 2.63. The molecule has 3 aromatic rings. The Kier molecular flexibility index (Phi) is 5.20. The zero-order chi connectivity index (χ0) is 19.4. The summed E-state index contributed by atoms with van der Waals surface area (Å²) in [7, 11) is -3.67. The summed E-state index contributed by atoms with van der Waals surface area (Å²) in [6.07, 6.45) is 7.99. The lowest BCUT2D eigenvalue weighted by Gasteiger charge is -2.04. The normalized spacial score (nSPS) is 14.3. The smallest absolute Gasteiger partial charge is 0.261 e. The van der Waals surface area contributed by atoms with E-state index in [0.29, 0.717) is 11.8 Å². The van der Waals surface area contributed by atoms with Crippen LogP contribution in [-0.2, 0) is 14.9 Å². The van der Waals surface area contributed by atoms with Gasteiger partial charge >= 0.3 is 0 Å². The largest absolute Gasteiger partial charge is 0.362 e. The van der Waals surface area contributed by atoms with Crippen LogP contribution >= 0.6 is 0 Å². The number of nitrogens with one attached hydrogen (secondary N) is 2. The van der Waals surface area contributed by atoms with Gasteiger partial charge < -0.3 is 10.3 Å². The minimum Gasteiger partial charge on any atom is -0.362 e. The Morgan fingerprint density at radius 2 is 1.89 bits per heavy atom. The van der Waals surface area contributed by atoms with Gasteiger partial charge in [0.2, 0.25) is 0 Å². The van der Waals surface area contributed by atoms with Gasteiger partial charge in [0.15, 0.2) is 0 Å². The average Bonchev–Trinajstić information content (AvgIpc) is 3.23. The molecule has 1 aliphatic rings. The highest BCUT2D eigenvalue weighted by molar-refractivity contribution is 7.85. The van der Waals surface area contributed by atoms with Gasteiger partial charge in [0.1, 0.15) is 0 Å². The van der Waals surface area contributed by atoms with E-state index in [2.05, 4.69) is 15.3 Å². The van der Waals surface area contributed by atoms with Crippen molar-refractivity contribution >= 4 is 33.4 Å². The van der Waals surface area contributed by atoms with Crippen molar-refractivity contribution in [2.75, 3.05) is 11.6 Å². The number of carbonyl (C=O) groups is 1. The molecule has 0 bridgehead atoms. The van der Waals surface area contributed by atoms with Gasteiger partial charge in [-0.25, -0.2) is 0 Å². The first-order chi connectivity index (χ1) is 12.8. The molecule has 0 fully saturated rings. The van der Waals surface area contributed by atoms with Crippen LogP contribution in [0.1, 0.15) is 11.3 Å². The topological polar surface area (TPSA) is 112 Å². The van der Waals surface area contributed by atoms with Crippen molar-refractivity contribution in [3.63, 3.8) is 0 Å². The third kappa shape index (κ3) is 4.90. The Morgan fingerprint density at radius 3 is 2.52 bits per heavy atom. The molecule has 1 amide bonds. The molecule has 1 aromatic carbocycles. The van der Waals surface area contributed by atoms with Crippen LogP contribution in [0.25, 0.3) is 22.8 Å². The summed E-state index contributed by atoms with van der Waals surface area (Å²) >= 11 is 0. The van der Waals surface area contributed by atoms with E-state index in [9.17, 15) is 13.2 Å². The van der Waals surface area contributed by atoms with Gasteiger partial charge in [-0.2, -0.15) is 8.42 Å².